The van der Waals surface area contributed by atoms with Gasteiger partial charge in [-0.3, -0.25) is 5.32 Å². The van der Waals surface area contributed by atoms with Gasteiger partial charge in [0.15, 0.2) is 0 Å². The molecule has 3 rings (SSSR count). The van der Waals surface area contributed by atoms with E-state index in [1.165, 1.54) is 11.1 Å². The minimum Gasteiger partial charge on any atom is -0.326 e. The summed E-state index contributed by atoms with van der Waals surface area (Å²) in [5, 5.41) is 3.65. The predicted molar refractivity (Wildman–Crippen MR) is 79.1 cm³/mol. The average molecular weight is 255 g/mol. The fourth-order valence-corrected chi connectivity index (χ4v) is 3.10. The van der Waals surface area contributed by atoms with E-state index in [0.29, 0.717) is 0 Å². The molecule has 1 aromatic carbocycles. The monoisotopic (exact) mass is 255 g/mol. The van der Waals surface area contributed by atoms with Crippen LogP contribution < -0.4 is 5.32 Å². The highest BCUT2D eigenvalue weighted by Gasteiger charge is 2.36. The molecule has 0 saturated carbocycles. The first kappa shape index (κ1) is 12.4. The van der Waals surface area contributed by atoms with Gasteiger partial charge in [-0.1, -0.05) is 18.2 Å². The molecule has 2 heterocycles. The summed E-state index contributed by atoms with van der Waals surface area (Å²) in [5.74, 6) is 0. The van der Waals surface area contributed by atoms with E-state index >= 15 is 0 Å². The van der Waals surface area contributed by atoms with Crippen molar-refractivity contribution in [2.75, 3.05) is 0 Å². The molecule has 2 aromatic rings. The van der Waals surface area contributed by atoms with Gasteiger partial charge in [0.25, 0.3) is 0 Å². The Morgan fingerprint density at radius 3 is 2.58 bits per heavy atom. The molecule has 0 aliphatic carbocycles. The first-order chi connectivity index (χ1) is 8.87. The second kappa shape index (κ2) is 3.94. The van der Waals surface area contributed by atoms with Crippen LogP contribution in [0.4, 0.5) is 0 Å². The molecule has 19 heavy (non-hydrogen) atoms. The average Bonchev–Trinajstić information content (AvgIpc) is 2.78. The topological polar surface area (TPSA) is 29.9 Å². The fourth-order valence-electron chi connectivity index (χ4n) is 3.10. The van der Waals surface area contributed by atoms with E-state index in [1.54, 1.807) is 0 Å². The predicted octanol–water partition coefficient (Wildman–Crippen LogP) is 3.12. The molecule has 1 aromatic heterocycles. The molecule has 0 spiro atoms. The van der Waals surface area contributed by atoms with Crippen molar-refractivity contribution < 1.29 is 0 Å². The van der Waals surface area contributed by atoms with E-state index in [0.717, 1.165) is 12.1 Å². The molecular formula is C16H21N3. The number of nitrogens with zero attached hydrogens (tertiary/aromatic N) is 2. The number of nitrogens with one attached hydrogen (secondary N) is 1. The Labute approximate surface area is 114 Å². The third-order valence-corrected chi connectivity index (χ3v) is 3.84. The molecule has 100 valence electrons. The zero-order valence-electron chi connectivity index (χ0n) is 12.1. The number of fused-ring (bicyclic) bond motifs is 1. The zero-order chi connectivity index (χ0) is 13.7. The van der Waals surface area contributed by atoms with Crippen LogP contribution in [-0.2, 0) is 6.54 Å². The molecule has 1 aliphatic rings. The highest BCUT2D eigenvalue weighted by Crippen LogP contribution is 2.31. The summed E-state index contributed by atoms with van der Waals surface area (Å²) in [6.07, 6.45) is 4.29. The first-order valence-electron chi connectivity index (χ1n) is 6.79. The highest BCUT2D eigenvalue weighted by molar-refractivity contribution is 5.75. The molecular weight excluding hydrogens is 234 g/mol. The number of aromatic nitrogens is 2. The van der Waals surface area contributed by atoms with E-state index < -0.39 is 0 Å². The minimum absolute atomic E-state index is 0.0366. The summed E-state index contributed by atoms with van der Waals surface area (Å²) in [6, 6.07) is 8.28. The van der Waals surface area contributed by atoms with Gasteiger partial charge in [0.05, 0.1) is 17.4 Å². The van der Waals surface area contributed by atoms with Gasteiger partial charge in [0.2, 0.25) is 0 Å². The number of imidazole rings is 1. The van der Waals surface area contributed by atoms with Crippen molar-refractivity contribution in [1.29, 1.82) is 0 Å². The lowest BCUT2D eigenvalue weighted by Crippen LogP contribution is -2.46. The van der Waals surface area contributed by atoms with E-state index in [9.17, 15) is 0 Å². The van der Waals surface area contributed by atoms with Crippen LogP contribution in [-0.4, -0.2) is 20.6 Å². The van der Waals surface area contributed by atoms with E-state index in [2.05, 4.69) is 66.8 Å². The van der Waals surface area contributed by atoms with Crippen molar-refractivity contribution >= 4 is 11.0 Å². The standard InChI is InChI=1S/C16H21N3/c1-15(2)9-12(16(3,4)18-15)10-19-11-17-13-7-5-6-8-14(13)19/h5-9,11,18H,10H2,1-4H3. The third-order valence-electron chi connectivity index (χ3n) is 3.84. The number of para-hydroxylation sites is 2. The fraction of sp³-hybridized carbons (Fsp3) is 0.438. The van der Waals surface area contributed by atoms with Crippen LogP contribution in [0.5, 0.6) is 0 Å². The Balaban J connectivity index is 1.98. The Morgan fingerprint density at radius 2 is 1.89 bits per heavy atom. The number of rotatable bonds is 2. The van der Waals surface area contributed by atoms with Gasteiger partial charge < -0.3 is 4.57 Å². The van der Waals surface area contributed by atoms with Gasteiger partial charge in [-0.05, 0) is 45.4 Å². The van der Waals surface area contributed by atoms with Crippen molar-refractivity contribution in [2.45, 2.75) is 45.3 Å². The number of benzene rings is 1. The molecule has 3 nitrogen and oxygen atoms in total. The Kier molecular flexibility index (Phi) is 2.58. The Bertz CT molecular complexity index is 647. The molecule has 1 aliphatic heterocycles. The summed E-state index contributed by atoms with van der Waals surface area (Å²) >= 11 is 0. The quantitative estimate of drug-likeness (QED) is 0.836. The third kappa shape index (κ3) is 2.19. The van der Waals surface area contributed by atoms with Crippen molar-refractivity contribution in [1.82, 2.24) is 14.9 Å². The number of hydrogen-bond donors (Lipinski definition) is 1. The van der Waals surface area contributed by atoms with E-state index in [-0.39, 0.29) is 11.1 Å². The highest BCUT2D eigenvalue weighted by atomic mass is 15.1. The van der Waals surface area contributed by atoms with Crippen molar-refractivity contribution in [3.63, 3.8) is 0 Å². The van der Waals surface area contributed by atoms with Gasteiger partial charge >= 0.3 is 0 Å². The van der Waals surface area contributed by atoms with Crippen LogP contribution in [0.3, 0.4) is 0 Å². The Hall–Kier alpha value is -1.61. The summed E-state index contributed by atoms with van der Waals surface area (Å²) in [6.45, 7) is 9.81. The molecule has 0 saturated heterocycles. The first-order valence-corrected chi connectivity index (χ1v) is 6.79. The van der Waals surface area contributed by atoms with Gasteiger partial charge in [0, 0.05) is 17.6 Å². The van der Waals surface area contributed by atoms with E-state index in [4.69, 9.17) is 0 Å². The van der Waals surface area contributed by atoms with Crippen molar-refractivity contribution in [3.05, 3.63) is 42.2 Å². The largest absolute Gasteiger partial charge is 0.326 e. The molecule has 0 amide bonds. The van der Waals surface area contributed by atoms with Gasteiger partial charge in [-0.15, -0.1) is 0 Å². The van der Waals surface area contributed by atoms with Crippen LogP contribution >= 0.6 is 0 Å². The van der Waals surface area contributed by atoms with Crippen LogP contribution in [0.25, 0.3) is 11.0 Å². The second-order valence-electron chi connectivity index (χ2n) is 6.50. The molecule has 0 atom stereocenters. The lowest BCUT2D eigenvalue weighted by molar-refractivity contribution is 0.381. The van der Waals surface area contributed by atoms with Crippen LogP contribution in [0.15, 0.2) is 42.2 Å². The smallest absolute Gasteiger partial charge is 0.0961 e. The maximum atomic E-state index is 4.46. The summed E-state index contributed by atoms with van der Waals surface area (Å²) in [4.78, 5) is 4.46. The van der Waals surface area contributed by atoms with Gasteiger partial charge in [-0.25, -0.2) is 4.98 Å². The summed E-state index contributed by atoms with van der Waals surface area (Å²) in [5.41, 5.74) is 3.78. The van der Waals surface area contributed by atoms with Crippen molar-refractivity contribution in [3.8, 4) is 0 Å². The SMILES string of the molecule is CC1(C)C=C(Cn2cnc3ccccc32)C(C)(C)N1. The molecule has 0 radical (unpaired) electrons. The van der Waals surface area contributed by atoms with Gasteiger partial charge in [0.1, 0.15) is 0 Å². The molecule has 1 N–H and O–H groups in total. The Morgan fingerprint density at radius 1 is 1.16 bits per heavy atom. The lowest BCUT2D eigenvalue weighted by Gasteiger charge is -2.28. The van der Waals surface area contributed by atoms with Gasteiger partial charge in [-0.2, -0.15) is 0 Å². The second-order valence-corrected chi connectivity index (χ2v) is 6.50. The normalized spacial score (nSPS) is 20.7. The number of hydrogen-bond acceptors (Lipinski definition) is 2. The van der Waals surface area contributed by atoms with Crippen molar-refractivity contribution in [2.24, 2.45) is 0 Å². The van der Waals surface area contributed by atoms with Crippen LogP contribution in [0.1, 0.15) is 27.7 Å². The van der Waals surface area contributed by atoms with Crippen LogP contribution in [0.2, 0.25) is 0 Å². The summed E-state index contributed by atoms with van der Waals surface area (Å²) < 4.78 is 2.23. The molecule has 0 fully saturated rings. The molecule has 3 heteroatoms. The maximum Gasteiger partial charge on any atom is 0.0961 e. The molecule has 0 bridgehead atoms. The zero-order valence-corrected chi connectivity index (χ0v) is 12.1. The minimum atomic E-state index is 0.0366. The lowest BCUT2D eigenvalue weighted by atomic mass is 9.97. The van der Waals surface area contributed by atoms with E-state index in [1.807, 2.05) is 12.4 Å². The molecule has 0 unspecified atom stereocenters. The maximum absolute atomic E-state index is 4.46. The van der Waals surface area contributed by atoms with Crippen LogP contribution in [0, 0.1) is 0 Å². The summed E-state index contributed by atoms with van der Waals surface area (Å²) in [7, 11) is 0.